The maximum Gasteiger partial charge on any atom is 0.0526 e. The molecule has 0 radical (unpaired) electrons. The third-order valence-electron chi connectivity index (χ3n) is 1.83. The number of hydrogen-bond acceptors (Lipinski definition) is 3. The van der Waals surface area contributed by atoms with Crippen LogP contribution in [-0.4, -0.2) is 17.6 Å². The van der Waals surface area contributed by atoms with Crippen molar-refractivity contribution < 1.29 is 0 Å². The summed E-state index contributed by atoms with van der Waals surface area (Å²) in [4.78, 5) is 4.01. The highest BCUT2D eigenvalue weighted by Crippen LogP contribution is 2.03. The first-order valence-corrected chi connectivity index (χ1v) is 4.68. The zero-order valence-corrected chi connectivity index (χ0v) is 8.03. The Morgan fingerprint density at radius 2 is 2.46 bits per heavy atom. The van der Waals surface area contributed by atoms with Crippen molar-refractivity contribution in [3.8, 4) is 0 Å². The van der Waals surface area contributed by atoms with Crippen molar-refractivity contribution >= 4 is 5.69 Å². The van der Waals surface area contributed by atoms with Crippen LogP contribution in [-0.2, 0) is 0 Å². The quantitative estimate of drug-likeness (QED) is 0.675. The summed E-state index contributed by atoms with van der Waals surface area (Å²) in [7, 11) is 0. The number of pyridine rings is 1. The minimum absolute atomic E-state index is 0.302. The van der Waals surface area contributed by atoms with Crippen LogP contribution in [0.2, 0.25) is 0 Å². The van der Waals surface area contributed by atoms with Crippen LogP contribution in [0.1, 0.15) is 19.8 Å². The lowest BCUT2D eigenvalue weighted by atomic mass is 10.2. The van der Waals surface area contributed by atoms with E-state index in [0.717, 1.165) is 25.1 Å². The second kappa shape index (κ2) is 5.54. The Balaban J connectivity index is 2.13. The van der Waals surface area contributed by atoms with Crippen molar-refractivity contribution in [1.82, 2.24) is 4.98 Å². The second-order valence-electron chi connectivity index (χ2n) is 3.29. The van der Waals surface area contributed by atoms with Crippen molar-refractivity contribution in [3.63, 3.8) is 0 Å². The number of nitrogens with two attached hydrogens (primary N) is 1. The minimum atomic E-state index is 0.302. The molecule has 0 aromatic carbocycles. The Morgan fingerprint density at radius 1 is 1.62 bits per heavy atom. The van der Waals surface area contributed by atoms with Gasteiger partial charge in [0.2, 0.25) is 0 Å². The molecule has 0 saturated heterocycles. The molecule has 3 heteroatoms. The van der Waals surface area contributed by atoms with E-state index in [9.17, 15) is 0 Å². The number of hydrogen-bond donors (Lipinski definition) is 2. The Kier molecular flexibility index (Phi) is 4.26. The lowest BCUT2D eigenvalue weighted by Gasteiger charge is -2.06. The summed E-state index contributed by atoms with van der Waals surface area (Å²) in [5, 5.41) is 3.28. The molecular formula is C10H17N3. The van der Waals surface area contributed by atoms with Crippen LogP contribution in [0, 0.1) is 0 Å². The normalized spacial score (nSPS) is 12.5. The molecule has 1 aromatic rings. The van der Waals surface area contributed by atoms with Gasteiger partial charge in [0.25, 0.3) is 0 Å². The van der Waals surface area contributed by atoms with Gasteiger partial charge in [-0.3, -0.25) is 4.98 Å². The SMILES string of the molecule is CC(N)CCCNc1cccnc1. The van der Waals surface area contributed by atoms with Crippen LogP contribution in [0.5, 0.6) is 0 Å². The molecule has 1 unspecified atom stereocenters. The van der Waals surface area contributed by atoms with Crippen molar-refractivity contribution in [2.75, 3.05) is 11.9 Å². The van der Waals surface area contributed by atoms with Gasteiger partial charge >= 0.3 is 0 Å². The lowest BCUT2D eigenvalue weighted by Crippen LogP contribution is -2.16. The number of anilines is 1. The van der Waals surface area contributed by atoms with Gasteiger partial charge in [-0.15, -0.1) is 0 Å². The number of aromatic nitrogens is 1. The average Bonchev–Trinajstić information content (AvgIpc) is 2.14. The molecule has 1 aromatic heterocycles. The summed E-state index contributed by atoms with van der Waals surface area (Å²) in [6.07, 6.45) is 5.76. The molecule has 0 aliphatic carbocycles. The van der Waals surface area contributed by atoms with E-state index in [-0.39, 0.29) is 0 Å². The van der Waals surface area contributed by atoms with Crippen LogP contribution < -0.4 is 11.1 Å². The highest BCUT2D eigenvalue weighted by atomic mass is 14.9. The summed E-state index contributed by atoms with van der Waals surface area (Å²) in [6, 6.07) is 4.24. The van der Waals surface area contributed by atoms with Gasteiger partial charge in [0, 0.05) is 25.0 Å². The van der Waals surface area contributed by atoms with E-state index in [1.165, 1.54) is 0 Å². The zero-order chi connectivity index (χ0) is 9.52. The molecule has 3 N–H and O–H groups in total. The largest absolute Gasteiger partial charge is 0.384 e. The molecule has 0 bridgehead atoms. The number of rotatable bonds is 5. The average molecular weight is 179 g/mol. The smallest absolute Gasteiger partial charge is 0.0526 e. The summed E-state index contributed by atoms with van der Waals surface area (Å²) >= 11 is 0. The molecule has 0 aliphatic rings. The molecule has 0 amide bonds. The van der Waals surface area contributed by atoms with Gasteiger partial charge in [0.1, 0.15) is 0 Å². The minimum Gasteiger partial charge on any atom is -0.384 e. The molecule has 3 nitrogen and oxygen atoms in total. The van der Waals surface area contributed by atoms with Gasteiger partial charge in [-0.2, -0.15) is 0 Å². The Bertz CT molecular complexity index is 221. The van der Waals surface area contributed by atoms with Crippen LogP contribution >= 0.6 is 0 Å². The number of nitrogens with one attached hydrogen (secondary N) is 1. The molecule has 1 heterocycles. The first kappa shape index (κ1) is 9.99. The zero-order valence-electron chi connectivity index (χ0n) is 8.03. The molecule has 0 fully saturated rings. The van der Waals surface area contributed by atoms with Gasteiger partial charge < -0.3 is 11.1 Å². The summed E-state index contributed by atoms with van der Waals surface area (Å²) in [5.41, 5.74) is 6.71. The predicted molar refractivity (Wildman–Crippen MR) is 55.6 cm³/mol. The van der Waals surface area contributed by atoms with E-state index >= 15 is 0 Å². The van der Waals surface area contributed by atoms with Gasteiger partial charge in [-0.1, -0.05) is 0 Å². The third-order valence-corrected chi connectivity index (χ3v) is 1.83. The van der Waals surface area contributed by atoms with E-state index in [1.807, 2.05) is 25.3 Å². The Hall–Kier alpha value is -1.09. The lowest BCUT2D eigenvalue weighted by molar-refractivity contribution is 0.639. The summed E-state index contributed by atoms with van der Waals surface area (Å²) < 4.78 is 0. The Morgan fingerprint density at radius 3 is 3.08 bits per heavy atom. The molecule has 1 atom stereocenters. The molecule has 0 saturated carbocycles. The summed E-state index contributed by atoms with van der Waals surface area (Å²) in [5.74, 6) is 0. The maximum atomic E-state index is 5.63. The van der Waals surface area contributed by atoms with E-state index < -0.39 is 0 Å². The number of nitrogens with zero attached hydrogens (tertiary/aromatic N) is 1. The van der Waals surface area contributed by atoms with Gasteiger partial charge in [-0.05, 0) is 31.9 Å². The van der Waals surface area contributed by atoms with E-state index in [4.69, 9.17) is 5.73 Å². The topological polar surface area (TPSA) is 50.9 Å². The van der Waals surface area contributed by atoms with Crippen molar-refractivity contribution in [3.05, 3.63) is 24.5 Å². The fourth-order valence-corrected chi connectivity index (χ4v) is 1.12. The van der Waals surface area contributed by atoms with E-state index in [0.29, 0.717) is 6.04 Å². The highest BCUT2D eigenvalue weighted by molar-refractivity contribution is 5.39. The second-order valence-corrected chi connectivity index (χ2v) is 3.29. The summed E-state index contributed by atoms with van der Waals surface area (Å²) in [6.45, 7) is 3.00. The van der Waals surface area contributed by atoms with Gasteiger partial charge in [0.05, 0.1) is 5.69 Å². The third kappa shape index (κ3) is 4.48. The van der Waals surface area contributed by atoms with E-state index in [1.54, 1.807) is 6.20 Å². The molecule has 0 spiro atoms. The Labute approximate surface area is 79.4 Å². The molecule has 0 aliphatic heterocycles. The van der Waals surface area contributed by atoms with Crippen LogP contribution in [0.25, 0.3) is 0 Å². The van der Waals surface area contributed by atoms with Gasteiger partial charge in [0.15, 0.2) is 0 Å². The van der Waals surface area contributed by atoms with Crippen LogP contribution in [0.4, 0.5) is 5.69 Å². The first-order chi connectivity index (χ1) is 6.29. The van der Waals surface area contributed by atoms with Crippen LogP contribution in [0.3, 0.4) is 0 Å². The molecule has 1 rings (SSSR count). The standard InChI is InChI=1S/C10H17N3/c1-9(11)4-2-7-13-10-5-3-6-12-8-10/h3,5-6,8-9,13H,2,4,7,11H2,1H3. The van der Waals surface area contributed by atoms with Crippen molar-refractivity contribution in [1.29, 1.82) is 0 Å². The maximum absolute atomic E-state index is 5.63. The van der Waals surface area contributed by atoms with Crippen molar-refractivity contribution in [2.45, 2.75) is 25.8 Å². The van der Waals surface area contributed by atoms with Gasteiger partial charge in [-0.25, -0.2) is 0 Å². The predicted octanol–water partition coefficient (Wildman–Crippen LogP) is 1.62. The van der Waals surface area contributed by atoms with Crippen LogP contribution in [0.15, 0.2) is 24.5 Å². The van der Waals surface area contributed by atoms with Crippen molar-refractivity contribution in [2.24, 2.45) is 5.73 Å². The highest BCUT2D eigenvalue weighted by Gasteiger charge is 1.93. The molecular weight excluding hydrogens is 162 g/mol. The fourth-order valence-electron chi connectivity index (χ4n) is 1.12. The molecule has 13 heavy (non-hydrogen) atoms. The first-order valence-electron chi connectivity index (χ1n) is 4.68. The fraction of sp³-hybridized carbons (Fsp3) is 0.500. The molecule has 72 valence electrons. The van der Waals surface area contributed by atoms with E-state index in [2.05, 4.69) is 10.3 Å². The monoisotopic (exact) mass is 179 g/mol.